The van der Waals surface area contributed by atoms with Crippen LogP contribution in [0.5, 0.6) is 0 Å². The molecule has 0 aliphatic carbocycles. The van der Waals surface area contributed by atoms with E-state index in [-0.39, 0.29) is 11.8 Å². The van der Waals surface area contributed by atoms with E-state index in [9.17, 15) is 9.59 Å². The molecule has 0 unspecified atom stereocenters. The normalized spacial score (nSPS) is 10.2. The van der Waals surface area contributed by atoms with Crippen molar-refractivity contribution >= 4 is 11.8 Å². The van der Waals surface area contributed by atoms with E-state index in [4.69, 9.17) is 0 Å². The zero-order valence-corrected chi connectivity index (χ0v) is 14.1. The van der Waals surface area contributed by atoms with E-state index in [0.717, 1.165) is 11.3 Å². The Morgan fingerprint density at radius 2 is 1.35 bits per heavy atom. The summed E-state index contributed by atoms with van der Waals surface area (Å²) < 4.78 is 0. The molecule has 130 valence electrons. The van der Waals surface area contributed by atoms with Gasteiger partial charge in [-0.2, -0.15) is 0 Å². The van der Waals surface area contributed by atoms with Crippen LogP contribution in [-0.2, 0) is 13.1 Å². The highest BCUT2D eigenvalue weighted by Crippen LogP contribution is 2.06. The van der Waals surface area contributed by atoms with Gasteiger partial charge in [-0.05, 0) is 54.1 Å². The summed E-state index contributed by atoms with van der Waals surface area (Å²) in [6, 6.07) is 15.8. The molecular weight excluding hydrogens is 328 g/mol. The zero-order valence-electron chi connectivity index (χ0n) is 14.1. The van der Waals surface area contributed by atoms with Crippen LogP contribution in [0.4, 0.5) is 0 Å². The Labute approximate surface area is 151 Å². The average Bonchev–Trinajstić information content (AvgIpc) is 2.72. The van der Waals surface area contributed by atoms with Gasteiger partial charge >= 0.3 is 0 Å². The molecule has 0 spiro atoms. The molecule has 0 atom stereocenters. The van der Waals surface area contributed by atoms with E-state index in [2.05, 4.69) is 20.6 Å². The largest absolute Gasteiger partial charge is 0.348 e. The van der Waals surface area contributed by atoms with Crippen molar-refractivity contribution in [3.63, 3.8) is 0 Å². The average molecular weight is 346 g/mol. The number of carbonyl (C=O) groups excluding carboxylic acids is 2. The molecule has 3 rings (SSSR count). The molecule has 2 amide bonds. The third kappa shape index (κ3) is 4.73. The number of hydrogen-bond donors (Lipinski definition) is 2. The fourth-order valence-corrected chi connectivity index (χ4v) is 2.33. The van der Waals surface area contributed by atoms with Crippen molar-refractivity contribution in [3.8, 4) is 0 Å². The van der Waals surface area contributed by atoms with Crippen molar-refractivity contribution in [1.29, 1.82) is 0 Å². The van der Waals surface area contributed by atoms with Gasteiger partial charge in [-0.3, -0.25) is 19.6 Å². The number of hydrogen-bond acceptors (Lipinski definition) is 4. The predicted octanol–water partition coefficient (Wildman–Crippen LogP) is 2.34. The summed E-state index contributed by atoms with van der Waals surface area (Å²) >= 11 is 0. The Hall–Kier alpha value is -3.54. The molecule has 3 aromatic rings. The number of benzene rings is 1. The maximum absolute atomic E-state index is 12.2. The lowest BCUT2D eigenvalue weighted by atomic mass is 10.1. The quantitative estimate of drug-likeness (QED) is 0.717. The Morgan fingerprint density at radius 1 is 0.731 bits per heavy atom. The minimum absolute atomic E-state index is 0.192. The predicted molar refractivity (Wildman–Crippen MR) is 97.3 cm³/mol. The summed E-state index contributed by atoms with van der Waals surface area (Å²) in [6.07, 6.45) is 5.04. The number of carbonyl (C=O) groups is 2. The van der Waals surface area contributed by atoms with Crippen LogP contribution in [0.2, 0.25) is 0 Å². The molecule has 0 aliphatic rings. The van der Waals surface area contributed by atoms with Crippen LogP contribution in [0.3, 0.4) is 0 Å². The van der Waals surface area contributed by atoms with E-state index in [1.807, 2.05) is 30.3 Å². The number of rotatable bonds is 6. The van der Waals surface area contributed by atoms with Gasteiger partial charge in [-0.25, -0.2) is 0 Å². The molecule has 0 saturated carbocycles. The Kier molecular flexibility index (Phi) is 5.67. The van der Waals surface area contributed by atoms with Gasteiger partial charge in [0.05, 0.1) is 12.2 Å². The van der Waals surface area contributed by atoms with Gasteiger partial charge in [-0.15, -0.1) is 0 Å². The second kappa shape index (κ2) is 8.53. The summed E-state index contributed by atoms with van der Waals surface area (Å²) in [5.74, 6) is -0.401. The second-order valence-corrected chi connectivity index (χ2v) is 5.62. The molecule has 0 fully saturated rings. The summed E-state index contributed by atoms with van der Waals surface area (Å²) in [5, 5.41) is 5.64. The van der Waals surface area contributed by atoms with Gasteiger partial charge in [-0.1, -0.05) is 6.07 Å². The first kappa shape index (κ1) is 17.3. The summed E-state index contributed by atoms with van der Waals surface area (Å²) in [6.45, 7) is 0.779. The van der Waals surface area contributed by atoms with Crippen molar-refractivity contribution in [2.45, 2.75) is 13.1 Å². The SMILES string of the molecule is O=C(NCc1ccncc1)c1ccc(C(=O)NCc2ccccn2)cc1. The number of amides is 2. The monoisotopic (exact) mass is 346 g/mol. The van der Waals surface area contributed by atoms with Gasteiger partial charge in [0.15, 0.2) is 0 Å². The molecule has 26 heavy (non-hydrogen) atoms. The smallest absolute Gasteiger partial charge is 0.251 e. The molecule has 0 radical (unpaired) electrons. The van der Waals surface area contributed by atoms with Crippen LogP contribution < -0.4 is 10.6 Å². The first-order valence-corrected chi connectivity index (χ1v) is 8.17. The van der Waals surface area contributed by atoms with Crippen molar-refractivity contribution in [2.24, 2.45) is 0 Å². The number of aromatic nitrogens is 2. The van der Waals surface area contributed by atoms with E-state index in [1.54, 1.807) is 42.9 Å². The lowest BCUT2D eigenvalue weighted by molar-refractivity contribution is 0.0939. The molecule has 1 aromatic carbocycles. The molecule has 0 aliphatic heterocycles. The molecule has 2 N–H and O–H groups in total. The maximum Gasteiger partial charge on any atom is 0.251 e. The summed E-state index contributed by atoms with van der Waals surface area (Å²) in [7, 11) is 0. The molecule has 2 aromatic heterocycles. The molecule has 6 heteroatoms. The van der Waals surface area contributed by atoms with Crippen LogP contribution in [0.15, 0.2) is 73.2 Å². The van der Waals surface area contributed by atoms with Crippen LogP contribution in [-0.4, -0.2) is 21.8 Å². The highest BCUT2D eigenvalue weighted by Gasteiger charge is 2.09. The highest BCUT2D eigenvalue weighted by molar-refractivity contribution is 5.97. The van der Waals surface area contributed by atoms with Crippen LogP contribution in [0.25, 0.3) is 0 Å². The van der Waals surface area contributed by atoms with E-state index < -0.39 is 0 Å². The minimum atomic E-state index is -0.209. The van der Waals surface area contributed by atoms with Gasteiger partial charge < -0.3 is 10.6 Å². The summed E-state index contributed by atoms with van der Waals surface area (Å²) in [5.41, 5.74) is 2.75. The first-order chi connectivity index (χ1) is 12.7. The van der Waals surface area contributed by atoms with Gasteiger partial charge in [0.2, 0.25) is 0 Å². The summed E-state index contributed by atoms with van der Waals surface area (Å²) in [4.78, 5) is 32.4. The van der Waals surface area contributed by atoms with E-state index in [0.29, 0.717) is 24.2 Å². The highest BCUT2D eigenvalue weighted by atomic mass is 16.2. The second-order valence-electron chi connectivity index (χ2n) is 5.62. The van der Waals surface area contributed by atoms with Gasteiger partial charge in [0.25, 0.3) is 11.8 Å². The van der Waals surface area contributed by atoms with Gasteiger partial charge in [0.1, 0.15) is 0 Å². The minimum Gasteiger partial charge on any atom is -0.348 e. The zero-order chi connectivity index (χ0) is 18.2. The third-order valence-corrected chi connectivity index (χ3v) is 3.77. The molecule has 0 saturated heterocycles. The van der Waals surface area contributed by atoms with Crippen LogP contribution in [0, 0.1) is 0 Å². The lowest BCUT2D eigenvalue weighted by Gasteiger charge is -2.07. The lowest BCUT2D eigenvalue weighted by Crippen LogP contribution is -2.24. The number of pyridine rings is 2. The number of nitrogens with zero attached hydrogens (tertiary/aromatic N) is 2. The Balaban J connectivity index is 1.53. The maximum atomic E-state index is 12.2. The fraction of sp³-hybridized carbons (Fsp3) is 0.100. The van der Waals surface area contributed by atoms with E-state index >= 15 is 0 Å². The molecule has 0 bridgehead atoms. The number of nitrogens with one attached hydrogen (secondary N) is 2. The van der Waals surface area contributed by atoms with Gasteiger partial charge in [0, 0.05) is 36.3 Å². The van der Waals surface area contributed by atoms with Crippen molar-refractivity contribution in [3.05, 3.63) is 95.6 Å². The van der Waals surface area contributed by atoms with Crippen LogP contribution >= 0.6 is 0 Å². The van der Waals surface area contributed by atoms with Crippen molar-refractivity contribution in [2.75, 3.05) is 0 Å². The molecule has 6 nitrogen and oxygen atoms in total. The molecule has 2 heterocycles. The standard InChI is InChI=1S/C20H18N4O2/c25-19(23-13-15-8-11-21-12-9-15)16-4-6-17(7-5-16)20(26)24-14-18-3-1-2-10-22-18/h1-12H,13-14H2,(H,23,25)(H,24,26). The van der Waals surface area contributed by atoms with Crippen LogP contribution in [0.1, 0.15) is 32.0 Å². The fourth-order valence-electron chi connectivity index (χ4n) is 2.33. The Morgan fingerprint density at radius 3 is 1.92 bits per heavy atom. The van der Waals surface area contributed by atoms with Crippen molar-refractivity contribution < 1.29 is 9.59 Å². The van der Waals surface area contributed by atoms with E-state index in [1.165, 1.54) is 0 Å². The topological polar surface area (TPSA) is 84.0 Å². The van der Waals surface area contributed by atoms with Crippen molar-refractivity contribution in [1.82, 2.24) is 20.6 Å². The Bertz CT molecular complexity index is 791. The molecular formula is C20H18N4O2. The first-order valence-electron chi connectivity index (χ1n) is 8.17. The third-order valence-electron chi connectivity index (χ3n) is 3.77.